The lowest BCUT2D eigenvalue weighted by Gasteiger charge is -2.36. The van der Waals surface area contributed by atoms with Gasteiger partial charge >= 0.3 is 0 Å². The van der Waals surface area contributed by atoms with Gasteiger partial charge in [0.15, 0.2) is 0 Å². The van der Waals surface area contributed by atoms with Crippen molar-refractivity contribution < 1.29 is 4.79 Å². The third-order valence-corrected chi connectivity index (χ3v) is 3.60. The molecular weight excluding hydrogens is 262 g/mol. The smallest absolute Gasteiger partial charge is 0.272 e. The van der Waals surface area contributed by atoms with Gasteiger partial charge in [0.25, 0.3) is 5.91 Å². The van der Waals surface area contributed by atoms with Crippen LogP contribution in [-0.2, 0) is 6.54 Å². The Balaban J connectivity index is 0.00000106. The lowest BCUT2D eigenvalue weighted by molar-refractivity contribution is 0.0764. The molecule has 1 aliphatic rings. The Hall–Kier alpha value is -1.42. The molecule has 0 atom stereocenters. The van der Waals surface area contributed by atoms with Crippen LogP contribution in [0, 0.1) is 5.92 Å². The fourth-order valence-corrected chi connectivity index (χ4v) is 2.55. The van der Waals surface area contributed by atoms with Gasteiger partial charge in [-0.1, -0.05) is 26.8 Å². The van der Waals surface area contributed by atoms with E-state index in [-0.39, 0.29) is 5.91 Å². The van der Waals surface area contributed by atoms with Crippen LogP contribution in [-0.4, -0.2) is 46.9 Å². The maximum atomic E-state index is 12.2. The highest BCUT2D eigenvalue weighted by atomic mass is 16.2. The minimum atomic E-state index is 0.0313. The molecule has 4 nitrogen and oxygen atoms in total. The van der Waals surface area contributed by atoms with E-state index in [1.165, 1.54) is 0 Å². The summed E-state index contributed by atoms with van der Waals surface area (Å²) in [5, 5.41) is 0. The maximum absolute atomic E-state index is 12.2. The van der Waals surface area contributed by atoms with E-state index in [1.54, 1.807) is 4.90 Å². The van der Waals surface area contributed by atoms with E-state index in [0.717, 1.165) is 44.3 Å². The molecule has 2 rings (SSSR count). The molecule has 1 fully saturated rings. The first-order chi connectivity index (χ1) is 10.1. The summed E-state index contributed by atoms with van der Waals surface area (Å²) in [6.45, 7) is 14.8. The van der Waals surface area contributed by atoms with E-state index >= 15 is 0 Å². The van der Waals surface area contributed by atoms with Crippen molar-refractivity contribution in [2.45, 2.75) is 41.2 Å². The summed E-state index contributed by atoms with van der Waals surface area (Å²) in [7, 11) is 0. The molecule has 0 aromatic carbocycles. The van der Waals surface area contributed by atoms with Crippen LogP contribution in [0.5, 0.6) is 0 Å². The molecule has 0 N–H and O–H groups in total. The molecule has 118 valence electrons. The third-order valence-electron chi connectivity index (χ3n) is 3.60. The molecule has 2 heterocycles. The van der Waals surface area contributed by atoms with Gasteiger partial charge in [0, 0.05) is 32.7 Å². The van der Waals surface area contributed by atoms with E-state index in [2.05, 4.69) is 16.8 Å². The Morgan fingerprint density at radius 2 is 1.90 bits per heavy atom. The van der Waals surface area contributed by atoms with Crippen molar-refractivity contribution >= 4 is 5.91 Å². The Morgan fingerprint density at radius 3 is 2.43 bits per heavy atom. The van der Waals surface area contributed by atoms with Crippen molar-refractivity contribution in [1.29, 1.82) is 0 Å². The van der Waals surface area contributed by atoms with Gasteiger partial charge in [-0.2, -0.15) is 0 Å². The van der Waals surface area contributed by atoms with Crippen LogP contribution >= 0.6 is 0 Å². The molecule has 1 aromatic heterocycles. The average Bonchev–Trinajstić information content (AvgIpc) is 2.49. The van der Waals surface area contributed by atoms with E-state index in [1.807, 2.05) is 45.9 Å². The van der Waals surface area contributed by atoms with E-state index in [9.17, 15) is 4.79 Å². The Labute approximate surface area is 129 Å². The molecule has 0 unspecified atom stereocenters. The SMILES string of the molecule is CC.CCN(CC)C(=O)c1cccc(CN2CC(C)C2)n1. The molecule has 1 saturated heterocycles. The summed E-state index contributed by atoms with van der Waals surface area (Å²) in [5.74, 6) is 0.823. The quantitative estimate of drug-likeness (QED) is 0.836. The van der Waals surface area contributed by atoms with Crippen molar-refractivity contribution in [3.8, 4) is 0 Å². The van der Waals surface area contributed by atoms with Gasteiger partial charge in [0.1, 0.15) is 5.69 Å². The number of aromatic nitrogens is 1. The minimum Gasteiger partial charge on any atom is -0.338 e. The summed E-state index contributed by atoms with van der Waals surface area (Å²) >= 11 is 0. The Kier molecular flexibility index (Phi) is 7.37. The van der Waals surface area contributed by atoms with E-state index in [0.29, 0.717) is 5.69 Å². The zero-order valence-corrected chi connectivity index (χ0v) is 14.1. The summed E-state index contributed by atoms with van der Waals surface area (Å²) in [4.78, 5) is 20.9. The third kappa shape index (κ3) is 4.81. The predicted molar refractivity (Wildman–Crippen MR) is 87.3 cm³/mol. The highest BCUT2D eigenvalue weighted by molar-refractivity contribution is 5.92. The summed E-state index contributed by atoms with van der Waals surface area (Å²) in [6, 6.07) is 5.74. The fourth-order valence-electron chi connectivity index (χ4n) is 2.55. The number of amides is 1. The minimum absolute atomic E-state index is 0.0313. The maximum Gasteiger partial charge on any atom is 0.272 e. The molecular formula is C17H29N3O. The van der Waals surface area contributed by atoms with Crippen LogP contribution in [0.3, 0.4) is 0 Å². The molecule has 1 aliphatic heterocycles. The van der Waals surface area contributed by atoms with Crippen molar-refractivity contribution in [2.24, 2.45) is 5.92 Å². The number of pyridine rings is 1. The van der Waals surface area contributed by atoms with Crippen LogP contribution < -0.4 is 0 Å². The molecule has 21 heavy (non-hydrogen) atoms. The molecule has 1 aromatic rings. The number of hydrogen-bond donors (Lipinski definition) is 0. The second kappa shape index (κ2) is 8.78. The molecule has 4 heteroatoms. The largest absolute Gasteiger partial charge is 0.338 e. The van der Waals surface area contributed by atoms with E-state index < -0.39 is 0 Å². The van der Waals surface area contributed by atoms with Gasteiger partial charge in [-0.05, 0) is 31.9 Å². The first-order valence-corrected chi connectivity index (χ1v) is 8.11. The second-order valence-electron chi connectivity index (χ2n) is 5.29. The highest BCUT2D eigenvalue weighted by Gasteiger charge is 2.23. The van der Waals surface area contributed by atoms with Crippen molar-refractivity contribution in [3.05, 3.63) is 29.6 Å². The number of rotatable bonds is 5. The van der Waals surface area contributed by atoms with Gasteiger partial charge < -0.3 is 4.90 Å². The monoisotopic (exact) mass is 291 g/mol. The summed E-state index contributed by atoms with van der Waals surface area (Å²) in [5.41, 5.74) is 1.56. The average molecular weight is 291 g/mol. The van der Waals surface area contributed by atoms with Crippen molar-refractivity contribution in [2.75, 3.05) is 26.2 Å². The van der Waals surface area contributed by atoms with Gasteiger partial charge in [-0.3, -0.25) is 9.69 Å². The zero-order chi connectivity index (χ0) is 15.8. The van der Waals surface area contributed by atoms with Gasteiger partial charge in [0.2, 0.25) is 0 Å². The molecule has 0 spiro atoms. The first kappa shape index (κ1) is 17.6. The molecule has 1 amide bonds. The van der Waals surface area contributed by atoms with Gasteiger partial charge in [0.05, 0.1) is 5.69 Å². The van der Waals surface area contributed by atoms with Gasteiger partial charge in [-0.25, -0.2) is 4.98 Å². The normalized spacial score (nSPS) is 14.9. The molecule has 0 bridgehead atoms. The fraction of sp³-hybridized carbons (Fsp3) is 0.647. The number of carbonyl (C=O) groups is 1. The van der Waals surface area contributed by atoms with Crippen LogP contribution in [0.1, 0.15) is 50.8 Å². The van der Waals surface area contributed by atoms with E-state index in [4.69, 9.17) is 0 Å². The number of nitrogens with zero attached hydrogens (tertiary/aromatic N) is 3. The van der Waals surface area contributed by atoms with Crippen molar-refractivity contribution in [3.63, 3.8) is 0 Å². The van der Waals surface area contributed by atoms with Crippen LogP contribution in [0.15, 0.2) is 18.2 Å². The predicted octanol–water partition coefficient (Wildman–Crippen LogP) is 3.04. The molecule has 0 radical (unpaired) electrons. The standard InChI is InChI=1S/C15H23N3O.C2H6/c1-4-18(5-2)15(19)14-8-6-7-13(16-14)11-17-9-12(3)10-17;1-2/h6-8,12H,4-5,9-11H2,1-3H3;1-2H3. The lowest BCUT2D eigenvalue weighted by atomic mass is 10.0. The van der Waals surface area contributed by atoms with Crippen LogP contribution in [0.25, 0.3) is 0 Å². The van der Waals surface area contributed by atoms with Crippen molar-refractivity contribution in [1.82, 2.24) is 14.8 Å². The lowest BCUT2D eigenvalue weighted by Crippen LogP contribution is -2.44. The molecule has 0 aliphatic carbocycles. The van der Waals surface area contributed by atoms with Crippen LogP contribution in [0.2, 0.25) is 0 Å². The number of likely N-dealkylation sites (tertiary alicyclic amines) is 1. The number of hydrogen-bond acceptors (Lipinski definition) is 3. The van der Waals surface area contributed by atoms with Gasteiger partial charge in [-0.15, -0.1) is 0 Å². The Morgan fingerprint density at radius 1 is 1.29 bits per heavy atom. The Bertz CT molecular complexity index is 437. The zero-order valence-electron chi connectivity index (χ0n) is 14.1. The molecule has 0 saturated carbocycles. The first-order valence-electron chi connectivity index (χ1n) is 8.11. The topological polar surface area (TPSA) is 36.4 Å². The number of carbonyl (C=O) groups excluding carboxylic acids is 1. The summed E-state index contributed by atoms with van der Waals surface area (Å²) < 4.78 is 0. The summed E-state index contributed by atoms with van der Waals surface area (Å²) in [6.07, 6.45) is 0. The highest BCUT2D eigenvalue weighted by Crippen LogP contribution is 2.17. The van der Waals surface area contributed by atoms with Crippen LogP contribution in [0.4, 0.5) is 0 Å². The second-order valence-corrected chi connectivity index (χ2v) is 5.29.